The van der Waals surface area contributed by atoms with E-state index in [0.717, 1.165) is 13.0 Å². The topological polar surface area (TPSA) is 51.9 Å². The van der Waals surface area contributed by atoms with Gasteiger partial charge in [0.1, 0.15) is 5.92 Å². The molecule has 12 heavy (non-hydrogen) atoms. The fourth-order valence-electron chi connectivity index (χ4n) is 0.524. The van der Waals surface area contributed by atoms with Gasteiger partial charge in [0.25, 0.3) is 0 Å². The Bertz CT molecular complexity index is 264. The predicted octanol–water partition coefficient (Wildman–Crippen LogP) is 1.59. The normalized spacial score (nSPS) is 15.0. The zero-order valence-corrected chi connectivity index (χ0v) is 6.25. The largest absolute Gasteiger partial charge is 0.370 e. The van der Waals surface area contributed by atoms with Gasteiger partial charge in [-0.2, -0.15) is 19.3 Å². The summed E-state index contributed by atoms with van der Waals surface area (Å²) in [6.45, 7) is 7.28. The van der Waals surface area contributed by atoms with Crippen LogP contribution in [-0.2, 0) is 0 Å². The summed E-state index contributed by atoms with van der Waals surface area (Å²) in [5, 5.41) is 16.3. The smallest absolute Gasteiger partial charge is 0.290 e. The first-order valence-electron chi connectivity index (χ1n) is 3.04. The molecule has 0 aliphatic carbocycles. The Morgan fingerprint density at radius 2 is 1.92 bits per heavy atom. The Labute approximate surface area is 68.6 Å². The molecule has 0 heterocycles. The Morgan fingerprint density at radius 3 is 2.17 bits per heavy atom. The van der Waals surface area contributed by atoms with Gasteiger partial charge in [-0.05, 0) is 6.92 Å². The summed E-state index contributed by atoms with van der Waals surface area (Å²) in [5.74, 6) is -5.16. The number of hydrogen-bond donors (Lipinski definition) is 0. The van der Waals surface area contributed by atoms with Crippen LogP contribution >= 0.6 is 0 Å². The molecule has 0 fully saturated rings. The molecule has 2 atom stereocenters. The SMILES string of the molecule is [C-]#[N+]C(C#N)C(F)(F)C(C)C#N. The summed E-state index contributed by atoms with van der Waals surface area (Å²) in [4.78, 5) is 2.44. The second-order valence-corrected chi connectivity index (χ2v) is 2.19. The number of hydrogen-bond acceptors (Lipinski definition) is 2. The molecule has 0 saturated carbocycles. The molecule has 0 N–H and O–H groups in total. The lowest BCUT2D eigenvalue weighted by molar-refractivity contribution is -0.0314. The molecule has 0 radical (unpaired) electrons. The summed E-state index contributed by atoms with van der Waals surface area (Å²) >= 11 is 0. The van der Waals surface area contributed by atoms with Gasteiger partial charge in [-0.25, -0.2) is 6.57 Å². The van der Waals surface area contributed by atoms with Crippen LogP contribution in [0.1, 0.15) is 6.92 Å². The zero-order valence-electron chi connectivity index (χ0n) is 6.25. The van der Waals surface area contributed by atoms with Crippen molar-refractivity contribution in [3.8, 4) is 12.1 Å². The minimum atomic E-state index is -3.55. The Kier molecular flexibility index (Phi) is 3.14. The van der Waals surface area contributed by atoms with E-state index in [2.05, 4.69) is 4.85 Å². The summed E-state index contributed by atoms with van der Waals surface area (Å²) in [5.41, 5.74) is 0. The molecule has 0 aromatic carbocycles. The standard InChI is InChI=1S/C7H5F2N3/c1-5(3-10)7(8,9)6(4-11)12-2/h5-6H,1H3. The van der Waals surface area contributed by atoms with Gasteiger partial charge in [0.2, 0.25) is 0 Å². The predicted molar refractivity (Wildman–Crippen MR) is 35.7 cm³/mol. The average Bonchev–Trinajstić information content (AvgIpc) is 2.04. The summed E-state index contributed by atoms with van der Waals surface area (Å²) in [6.07, 6.45) is 0. The molecule has 0 aliphatic heterocycles. The van der Waals surface area contributed by atoms with E-state index in [1.165, 1.54) is 6.07 Å². The molecule has 0 aromatic heterocycles. The molecule has 0 amide bonds. The molecule has 62 valence electrons. The van der Waals surface area contributed by atoms with Gasteiger partial charge in [0, 0.05) is 0 Å². The zero-order chi connectivity index (χ0) is 9.78. The fourth-order valence-corrected chi connectivity index (χ4v) is 0.524. The highest BCUT2D eigenvalue weighted by Crippen LogP contribution is 2.29. The van der Waals surface area contributed by atoms with E-state index in [9.17, 15) is 8.78 Å². The molecule has 0 aliphatic rings. The molecular weight excluding hydrogens is 164 g/mol. The Hall–Kier alpha value is -1.67. The molecule has 0 saturated heterocycles. The maximum atomic E-state index is 12.8. The maximum Gasteiger partial charge on any atom is 0.370 e. The average molecular weight is 169 g/mol. The summed E-state index contributed by atoms with van der Waals surface area (Å²) in [7, 11) is 0. The van der Waals surface area contributed by atoms with Crippen molar-refractivity contribution in [1.82, 2.24) is 0 Å². The van der Waals surface area contributed by atoms with Crippen molar-refractivity contribution in [3.05, 3.63) is 11.4 Å². The summed E-state index contributed by atoms with van der Waals surface area (Å²) < 4.78 is 25.6. The first kappa shape index (κ1) is 10.3. The van der Waals surface area contributed by atoms with Crippen molar-refractivity contribution >= 4 is 0 Å². The minimum absolute atomic E-state index is 0.982. The van der Waals surface area contributed by atoms with Crippen LogP contribution in [-0.4, -0.2) is 12.0 Å². The molecule has 3 nitrogen and oxygen atoms in total. The highest BCUT2D eigenvalue weighted by Gasteiger charge is 2.50. The number of alkyl halides is 2. The lowest BCUT2D eigenvalue weighted by atomic mass is 9.99. The molecular formula is C7H5F2N3. The number of nitriles is 2. The Morgan fingerprint density at radius 1 is 1.42 bits per heavy atom. The first-order valence-corrected chi connectivity index (χ1v) is 3.04. The van der Waals surface area contributed by atoms with E-state index in [-0.39, 0.29) is 0 Å². The third-order valence-electron chi connectivity index (χ3n) is 1.39. The molecule has 5 heteroatoms. The van der Waals surface area contributed by atoms with Crippen LogP contribution in [0.3, 0.4) is 0 Å². The van der Waals surface area contributed by atoms with Crippen molar-refractivity contribution in [1.29, 1.82) is 10.5 Å². The maximum absolute atomic E-state index is 12.8. The van der Waals surface area contributed by atoms with Crippen LogP contribution in [0.4, 0.5) is 8.78 Å². The van der Waals surface area contributed by atoms with E-state index >= 15 is 0 Å². The number of halogens is 2. The first-order chi connectivity index (χ1) is 5.50. The molecule has 2 unspecified atom stereocenters. The second-order valence-electron chi connectivity index (χ2n) is 2.19. The van der Waals surface area contributed by atoms with Crippen molar-refractivity contribution in [2.75, 3.05) is 0 Å². The number of nitrogens with zero attached hydrogens (tertiary/aromatic N) is 3. The van der Waals surface area contributed by atoms with E-state index in [1.54, 1.807) is 0 Å². The molecule has 0 spiro atoms. The van der Waals surface area contributed by atoms with E-state index in [4.69, 9.17) is 17.1 Å². The number of rotatable bonds is 2. The van der Waals surface area contributed by atoms with Crippen molar-refractivity contribution < 1.29 is 8.78 Å². The van der Waals surface area contributed by atoms with Gasteiger partial charge in [-0.15, -0.1) is 0 Å². The van der Waals surface area contributed by atoms with Gasteiger partial charge in [0.05, 0.1) is 6.07 Å². The fraction of sp³-hybridized carbons (Fsp3) is 0.571. The Balaban J connectivity index is 4.77. The van der Waals surface area contributed by atoms with E-state index in [0.29, 0.717) is 0 Å². The van der Waals surface area contributed by atoms with Crippen LogP contribution in [0, 0.1) is 35.2 Å². The lowest BCUT2D eigenvalue weighted by Gasteiger charge is -2.14. The molecule has 0 bridgehead atoms. The van der Waals surface area contributed by atoms with Crippen LogP contribution in [0.5, 0.6) is 0 Å². The van der Waals surface area contributed by atoms with Crippen molar-refractivity contribution in [2.24, 2.45) is 5.92 Å². The second kappa shape index (κ2) is 3.64. The highest BCUT2D eigenvalue weighted by molar-refractivity contribution is 5.12. The van der Waals surface area contributed by atoms with Crippen molar-refractivity contribution in [3.63, 3.8) is 0 Å². The van der Waals surface area contributed by atoms with E-state index in [1.807, 2.05) is 0 Å². The van der Waals surface area contributed by atoms with Gasteiger partial charge < -0.3 is 0 Å². The van der Waals surface area contributed by atoms with Crippen LogP contribution < -0.4 is 0 Å². The summed E-state index contributed by atoms with van der Waals surface area (Å²) in [6, 6.07) is 0.399. The van der Waals surface area contributed by atoms with Gasteiger partial charge in [-0.1, -0.05) is 0 Å². The van der Waals surface area contributed by atoms with Gasteiger partial charge in [0.15, 0.2) is 6.07 Å². The van der Waals surface area contributed by atoms with Crippen LogP contribution in [0.15, 0.2) is 0 Å². The quantitative estimate of drug-likeness (QED) is 0.589. The minimum Gasteiger partial charge on any atom is -0.290 e. The monoisotopic (exact) mass is 169 g/mol. The van der Waals surface area contributed by atoms with Gasteiger partial charge in [-0.3, -0.25) is 4.85 Å². The third-order valence-corrected chi connectivity index (χ3v) is 1.39. The van der Waals surface area contributed by atoms with Gasteiger partial charge >= 0.3 is 12.0 Å². The van der Waals surface area contributed by atoms with Crippen LogP contribution in [0.25, 0.3) is 4.85 Å². The van der Waals surface area contributed by atoms with Crippen molar-refractivity contribution in [2.45, 2.75) is 18.9 Å². The molecule has 0 aromatic rings. The third kappa shape index (κ3) is 1.68. The van der Waals surface area contributed by atoms with E-state index < -0.39 is 17.9 Å². The highest BCUT2D eigenvalue weighted by atomic mass is 19.3. The lowest BCUT2D eigenvalue weighted by Crippen LogP contribution is -2.36. The molecule has 0 rings (SSSR count). The van der Waals surface area contributed by atoms with Crippen LogP contribution in [0.2, 0.25) is 0 Å².